The van der Waals surface area contributed by atoms with Gasteiger partial charge in [0.2, 0.25) is 5.95 Å². The Bertz CT molecular complexity index is 1210. The Kier molecular flexibility index (Phi) is 4.12. The number of morpholine rings is 1. The van der Waals surface area contributed by atoms with Crippen molar-refractivity contribution in [1.29, 1.82) is 0 Å². The molecule has 1 aliphatic heterocycles. The predicted molar refractivity (Wildman–Crippen MR) is 116 cm³/mol. The first-order chi connectivity index (χ1) is 14.8. The number of hydrogen-bond acceptors (Lipinski definition) is 8. The summed E-state index contributed by atoms with van der Waals surface area (Å²) in [6.07, 6.45) is 5.86. The number of benzene rings is 1. The van der Waals surface area contributed by atoms with E-state index in [1.54, 1.807) is 6.33 Å². The highest BCUT2D eigenvalue weighted by Gasteiger charge is 2.23. The molecular weight excluding hydrogens is 380 g/mol. The average molecular weight is 402 g/mol. The second-order valence-corrected chi connectivity index (χ2v) is 7.70. The number of anilines is 4. The van der Waals surface area contributed by atoms with Crippen LogP contribution in [-0.4, -0.2) is 57.3 Å². The van der Waals surface area contributed by atoms with Gasteiger partial charge < -0.3 is 25.3 Å². The van der Waals surface area contributed by atoms with Crippen molar-refractivity contribution in [3.05, 3.63) is 36.8 Å². The Morgan fingerprint density at radius 2 is 1.97 bits per heavy atom. The fourth-order valence-corrected chi connectivity index (χ4v) is 3.83. The van der Waals surface area contributed by atoms with E-state index in [4.69, 9.17) is 9.72 Å². The van der Waals surface area contributed by atoms with Gasteiger partial charge in [-0.1, -0.05) is 0 Å². The molecule has 4 heterocycles. The summed E-state index contributed by atoms with van der Waals surface area (Å²) in [4.78, 5) is 23.6. The molecule has 0 spiro atoms. The summed E-state index contributed by atoms with van der Waals surface area (Å²) >= 11 is 0. The molecule has 9 nitrogen and oxygen atoms in total. The SMILES string of the molecule is c1cc(N2CCOCC2)c2cc(Nc3nc(NC4CC4)c4[nH]cnc4n3)ccc2n1. The highest BCUT2D eigenvalue weighted by Crippen LogP contribution is 2.31. The van der Waals surface area contributed by atoms with E-state index in [1.165, 1.54) is 18.5 Å². The Hall–Kier alpha value is -3.46. The standard InChI is InChI=1S/C21H22N8O/c1-2-13(1)25-20-18-19(24-12-23-18)27-21(28-20)26-14-3-4-16-15(11-14)17(5-6-22-16)29-7-9-30-10-8-29/h3-6,11-13H,1-2,7-10H2,(H3,23,24,25,26,27,28). The highest BCUT2D eigenvalue weighted by molar-refractivity contribution is 5.94. The van der Waals surface area contributed by atoms with Gasteiger partial charge in [-0.3, -0.25) is 4.98 Å². The molecule has 1 aromatic carbocycles. The second-order valence-electron chi connectivity index (χ2n) is 7.70. The lowest BCUT2D eigenvalue weighted by atomic mass is 10.1. The first-order valence-corrected chi connectivity index (χ1v) is 10.3. The second kappa shape index (κ2) is 7.10. The summed E-state index contributed by atoms with van der Waals surface area (Å²) in [5.41, 5.74) is 4.53. The monoisotopic (exact) mass is 402 g/mol. The van der Waals surface area contributed by atoms with E-state index in [-0.39, 0.29) is 0 Å². The van der Waals surface area contributed by atoms with Crippen LogP contribution in [0.25, 0.3) is 22.1 Å². The molecule has 4 aromatic rings. The fraction of sp³-hybridized carbons (Fsp3) is 0.333. The minimum Gasteiger partial charge on any atom is -0.378 e. The number of aromatic nitrogens is 5. The number of hydrogen-bond donors (Lipinski definition) is 3. The van der Waals surface area contributed by atoms with E-state index in [9.17, 15) is 0 Å². The van der Waals surface area contributed by atoms with Gasteiger partial charge in [0.1, 0.15) is 5.52 Å². The average Bonchev–Trinajstić information content (AvgIpc) is 3.47. The smallest absolute Gasteiger partial charge is 0.231 e. The van der Waals surface area contributed by atoms with Crippen molar-refractivity contribution in [2.75, 3.05) is 41.8 Å². The maximum Gasteiger partial charge on any atom is 0.231 e. The molecule has 6 rings (SSSR count). The molecular formula is C21H22N8O. The van der Waals surface area contributed by atoms with Crippen molar-refractivity contribution in [3.63, 3.8) is 0 Å². The van der Waals surface area contributed by atoms with Crippen molar-refractivity contribution < 1.29 is 4.74 Å². The van der Waals surface area contributed by atoms with Gasteiger partial charge in [-0.25, -0.2) is 4.98 Å². The van der Waals surface area contributed by atoms with Gasteiger partial charge in [-0.2, -0.15) is 9.97 Å². The Morgan fingerprint density at radius 3 is 2.83 bits per heavy atom. The molecule has 0 radical (unpaired) electrons. The van der Waals surface area contributed by atoms with Gasteiger partial charge in [-0.15, -0.1) is 0 Å². The van der Waals surface area contributed by atoms with Crippen molar-refractivity contribution in [3.8, 4) is 0 Å². The Morgan fingerprint density at radius 1 is 1.07 bits per heavy atom. The lowest BCUT2D eigenvalue weighted by molar-refractivity contribution is 0.123. The van der Waals surface area contributed by atoms with Gasteiger partial charge in [0, 0.05) is 42.1 Å². The van der Waals surface area contributed by atoms with Crippen molar-refractivity contribution in [2.45, 2.75) is 18.9 Å². The van der Waals surface area contributed by atoms with Crippen LogP contribution in [0.15, 0.2) is 36.8 Å². The van der Waals surface area contributed by atoms with E-state index in [0.29, 0.717) is 17.6 Å². The van der Waals surface area contributed by atoms with E-state index in [2.05, 4.69) is 47.6 Å². The number of fused-ring (bicyclic) bond motifs is 2. The summed E-state index contributed by atoms with van der Waals surface area (Å²) in [7, 11) is 0. The van der Waals surface area contributed by atoms with Gasteiger partial charge in [0.25, 0.3) is 0 Å². The maximum atomic E-state index is 5.51. The van der Waals surface area contributed by atoms with Crippen LogP contribution in [0, 0.1) is 0 Å². The number of nitrogens with one attached hydrogen (secondary N) is 3. The summed E-state index contributed by atoms with van der Waals surface area (Å²) in [5.74, 6) is 1.31. The minimum atomic E-state index is 0.488. The van der Waals surface area contributed by atoms with Crippen LogP contribution in [0.3, 0.4) is 0 Å². The fourth-order valence-electron chi connectivity index (χ4n) is 3.83. The maximum absolute atomic E-state index is 5.51. The number of aromatic amines is 1. The molecule has 0 atom stereocenters. The summed E-state index contributed by atoms with van der Waals surface area (Å²) in [6, 6.07) is 8.70. The predicted octanol–water partition coefficient (Wildman–Crippen LogP) is 3.06. The molecule has 2 fully saturated rings. The lowest BCUT2D eigenvalue weighted by Crippen LogP contribution is -2.36. The number of rotatable bonds is 5. The van der Waals surface area contributed by atoms with Crippen LogP contribution in [0.1, 0.15) is 12.8 Å². The highest BCUT2D eigenvalue weighted by atomic mass is 16.5. The quantitative estimate of drug-likeness (QED) is 0.468. The van der Waals surface area contributed by atoms with Crippen LogP contribution in [-0.2, 0) is 4.74 Å². The number of imidazole rings is 1. The normalized spacial score (nSPS) is 16.9. The molecule has 152 valence electrons. The van der Waals surface area contributed by atoms with Crippen LogP contribution < -0.4 is 15.5 Å². The van der Waals surface area contributed by atoms with Gasteiger partial charge in [0.15, 0.2) is 11.5 Å². The van der Waals surface area contributed by atoms with E-state index in [0.717, 1.165) is 54.2 Å². The first kappa shape index (κ1) is 17.4. The Labute approximate surface area is 172 Å². The van der Waals surface area contributed by atoms with Gasteiger partial charge in [-0.05, 0) is 37.1 Å². The minimum absolute atomic E-state index is 0.488. The third-order valence-electron chi connectivity index (χ3n) is 5.53. The van der Waals surface area contributed by atoms with Crippen LogP contribution in [0.4, 0.5) is 23.1 Å². The van der Waals surface area contributed by atoms with Crippen LogP contribution in [0.2, 0.25) is 0 Å². The molecule has 30 heavy (non-hydrogen) atoms. The molecule has 0 unspecified atom stereocenters. The van der Waals surface area contributed by atoms with Crippen molar-refractivity contribution >= 4 is 45.2 Å². The topological polar surface area (TPSA) is 104 Å². The molecule has 2 aliphatic rings. The van der Waals surface area contributed by atoms with Crippen LogP contribution in [0.5, 0.6) is 0 Å². The van der Waals surface area contributed by atoms with E-state index >= 15 is 0 Å². The molecule has 9 heteroatoms. The molecule has 0 amide bonds. The van der Waals surface area contributed by atoms with E-state index < -0.39 is 0 Å². The van der Waals surface area contributed by atoms with Crippen molar-refractivity contribution in [2.24, 2.45) is 0 Å². The zero-order valence-corrected chi connectivity index (χ0v) is 16.4. The zero-order chi connectivity index (χ0) is 19.9. The van der Waals surface area contributed by atoms with E-state index in [1.807, 2.05) is 18.3 Å². The molecule has 0 bridgehead atoms. The number of pyridine rings is 1. The van der Waals surface area contributed by atoms with Crippen molar-refractivity contribution in [1.82, 2.24) is 24.9 Å². The largest absolute Gasteiger partial charge is 0.378 e. The summed E-state index contributed by atoms with van der Waals surface area (Å²) in [5, 5.41) is 7.92. The van der Waals surface area contributed by atoms with Gasteiger partial charge in [0.05, 0.1) is 25.1 Å². The summed E-state index contributed by atoms with van der Waals surface area (Å²) < 4.78 is 5.51. The summed E-state index contributed by atoms with van der Waals surface area (Å²) in [6.45, 7) is 3.25. The number of nitrogens with zero attached hydrogens (tertiary/aromatic N) is 5. The van der Waals surface area contributed by atoms with Gasteiger partial charge >= 0.3 is 0 Å². The number of H-pyrrole nitrogens is 1. The van der Waals surface area contributed by atoms with Crippen LogP contribution >= 0.6 is 0 Å². The molecule has 1 aliphatic carbocycles. The molecule has 3 N–H and O–H groups in total. The first-order valence-electron chi connectivity index (χ1n) is 10.3. The lowest BCUT2D eigenvalue weighted by Gasteiger charge is -2.29. The molecule has 1 saturated heterocycles. The molecule has 1 saturated carbocycles. The molecule has 3 aromatic heterocycles. The zero-order valence-electron chi connectivity index (χ0n) is 16.4. The Balaban J connectivity index is 1.36. The number of ether oxygens (including phenoxy) is 1. The third-order valence-corrected chi connectivity index (χ3v) is 5.53. The third kappa shape index (κ3) is 3.26.